The van der Waals surface area contributed by atoms with Gasteiger partial charge in [0, 0.05) is 4.90 Å². The molecular formula is C14H19NOS2. The topological polar surface area (TPSA) is 35.2 Å². The molecule has 0 heterocycles. The lowest BCUT2D eigenvalue weighted by atomic mass is 10.2. The summed E-state index contributed by atoms with van der Waals surface area (Å²) in [4.78, 5) is 1.56. The predicted molar refractivity (Wildman–Crippen MR) is 81.6 cm³/mol. The Bertz CT molecular complexity index is 428. The number of ether oxygens (including phenoxy) is 1. The second-order valence-electron chi connectivity index (χ2n) is 4.45. The van der Waals surface area contributed by atoms with E-state index in [0.29, 0.717) is 11.1 Å². The van der Waals surface area contributed by atoms with Crippen molar-refractivity contribution >= 4 is 29.0 Å². The Kier molecular flexibility index (Phi) is 4.89. The highest BCUT2D eigenvalue weighted by atomic mass is 32.2. The lowest BCUT2D eigenvalue weighted by Gasteiger charge is -2.18. The molecule has 1 aromatic rings. The van der Waals surface area contributed by atoms with Crippen LogP contribution in [0.1, 0.15) is 38.2 Å². The molecule has 0 unspecified atom stereocenters. The van der Waals surface area contributed by atoms with Gasteiger partial charge in [0.2, 0.25) is 0 Å². The monoisotopic (exact) mass is 281 g/mol. The number of rotatable bonds is 5. The highest BCUT2D eigenvalue weighted by molar-refractivity contribution is 7.99. The molecule has 98 valence electrons. The summed E-state index contributed by atoms with van der Waals surface area (Å²) in [6, 6.07) is 6.06. The van der Waals surface area contributed by atoms with Crippen LogP contribution >= 0.6 is 24.0 Å². The van der Waals surface area contributed by atoms with Gasteiger partial charge in [-0.1, -0.05) is 25.2 Å². The normalized spacial score (nSPS) is 15.8. The highest BCUT2D eigenvalue weighted by Gasteiger charge is 2.20. The Morgan fingerprint density at radius 3 is 2.78 bits per heavy atom. The molecular weight excluding hydrogens is 262 g/mol. The summed E-state index contributed by atoms with van der Waals surface area (Å²) in [5.74, 6) is 1.86. The van der Waals surface area contributed by atoms with Crippen molar-refractivity contribution in [3.05, 3.63) is 23.8 Å². The first-order valence-corrected chi connectivity index (χ1v) is 7.84. The number of hydrogen-bond donors (Lipinski definition) is 1. The van der Waals surface area contributed by atoms with E-state index in [1.165, 1.54) is 12.8 Å². The molecule has 0 radical (unpaired) electrons. The summed E-state index contributed by atoms with van der Waals surface area (Å²) in [6.45, 7) is 2.12. The average molecular weight is 281 g/mol. The molecule has 2 nitrogen and oxygen atoms in total. The van der Waals surface area contributed by atoms with Crippen LogP contribution < -0.4 is 10.5 Å². The summed E-state index contributed by atoms with van der Waals surface area (Å²) in [5, 5.41) is 0. The van der Waals surface area contributed by atoms with Gasteiger partial charge in [-0.2, -0.15) is 0 Å². The Hall–Kier alpha value is -0.740. The van der Waals surface area contributed by atoms with Crippen molar-refractivity contribution in [3.63, 3.8) is 0 Å². The molecule has 1 aliphatic carbocycles. The van der Waals surface area contributed by atoms with E-state index in [-0.39, 0.29) is 0 Å². The van der Waals surface area contributed by atoms with Crippen LogP contribution in [0, 0.1) is 0 Å². The van der Waals surface area contributed by atoms with Crippen LogP contribution in [0.2, 0.25) is 0 Å². The summed E-state index contributed by atoms with van der Waals surface area (Å²) >= 11 is 6.93. The van der Waals surface area contributed by atoms with E-state index in [0.717, 1.165) is 34.8 Å². The Balaban J connectivity index is 2.26. The zero-order chi connectivity index (χ0) is 13.0. The van der Waals surface area contributed by atoms with Crippen molar-refractivity contribution in [2.75, 3.05) is 5.75 Å². The number of hydrogen-bond acceptors (Lipinski definition) is 3. The molecule has 0 saturated heterocycles. The summed E-state index contributed by atoms with van der Waals surface area (Å²) in [6.07, 6.45) is 5.14. The molecule has 4 heteroatoms. The van der Waals surface area contributed by atoms with E-state index in [4.69, 9.17) is 22.7 Å². The molecule has 1 aliphatic rings. The fourth-order valence-electron chi connectivity index (χ4n) is 2.31. The molecule has 0 atom stereocenters. The molecule has 0 bridgehead atoms. The molecule has 0 aliphatic heterocycles. The quantitative estimate of drug-likeness (QED) is 0.658. The van der Waals surface area contributed by atoms with Gasteiger partial charge in [-0.05, 0) is 43.6 Å². The van der Waals surface area contributed by atoms with E-state index < -0.39 is 0 Å². The van der Waals surface area contributed by atoms with E-state index in [1.54, 1.807) is 11.8 Å². The maximum Gasteiger partial charge on any atom is 0.131 e. The third-order valence-electron chi connectivity index (χ3n) is 3.13. The highest BCUT2D eigenvalue weighted by Crippen LogP contribution is 2.32. The lowest BCUT2D eigenvalue weighted by Crippen LogP contribution is -2.17. The zero-order valence-corrected chi connectivity index (χ0v) is 12.3. The van der Waals surface area contributed by atoms with Gasteiger partial charge in [0.15, 0.2) is 0 Å². The van der Waals surface area contributed by atoms with Crippen molar-refractivity contribution in [1.82, 2.24) is 0 Å². The van der Waals surface area contributed by atoms with E-state index in [9.17, 15) is 0 Å². The first-order chi connectivity index (χ1) is 8.72. The minimum absolute atomic E-state index is 0.333. The number of nitrogens with two attached hydrogens (primary N) is 1. The smallest absolute Gasteiger partial charge is 0.131 e. The molecule has 0 spiro atoms. The van der Waals surface area contributed by atoms with E-state index >= 15 is 0 Å². The number of benzene rings is 1. The number of thiocarbonyl (C=S) groups is 1. The number of thioether (sulfide) groups is 1. The van der Waals surface area contributed by atoms with Crippen LogP contribution in [0.25, 0.3) is 0 Å². The third kappa shape index (κ3) is 3.18. The van der Waals surface area contributed by atoms with Gasteiger partial charge in [0.1, 0.15) is 10.7 Å². The third-order valence-corrected chi connectivity index (χ3v) is 4.27. The van der Waals surface area contributed by atoms with Gasteiger partial charge in [0.25, 0.3) is 0 Å². The molecule has 0 amide bonds. The molecule has 1 fully saturated rings. The first kappa shape index (κ1) is 13.7. The van der Waals surface area contributed by atoms with Crippen LogP contribution in [0.15, 0.2) is 23.1 Å². The lowest BCUT2D eigenvalue weighted by molar-refractivity contribution is 0.209. The van der Waals surface area contributed by atoms with Crippen molar-refractivity contribution in [2.24, 2.45) is 5.73 Å². The van der Waals surface area contributed by atoms with Gasteiger partial charge in [-0.15, -0.1) is 11.8 Å². The Labute approximate surface area is 118 Å². The van der Waals surface area contributed by atoms with Gasteiger partial charge < -0.3 is 10.5 Å². The molecule has 2 N–H and O–H groups in total. The second kappa shape index (κ2) is 6.43. The maximum atomic E-state index is 6.07. The van der Waals surface area contributed by atoms with Crippen molar-refractivity contribution in [3.8, 4) is 5.75 Å². The van der Waals surface area contributed by atoms with Crippen molar-refractivity contribution < 1.29 is 4.74 Å². The molecule has 2 rings (SSSR count). The largest absolute Gasteiger partial charge is 0.490 e. The predicted octanol–water partition coefficient (Wildman–Crippen LogP) is 3.75. The summed E-state index contributed by atoms with van der Waals surface area (Å²) < 4.78 is 6.07. The van der Waals surface area contributed by atoms with E-state index in [2.05, 4.69) is 13.0 Å². The maximum absolute atomic E-state index is 6.07. The molecule has 1 aromatic carbocycles. The van der Waals surface area contributed by atoms with E-state index in [1.807, 2.05) is 12.1 Å². The van der Waals surface area contributed by atoms with Gasteiger partial charge >= 0.3 is 0 Å². The Morgan fingerprint density at radius 1 is 1.44 bits per heavy atom. The Morgan fingerprint density at radius 2 is 2.17 bits per heavy atom. The van der Waals surface area contributed by atoms with Crippen LogP contribution in [0.4, 0.5) is 0 Å². The summed E-state index contributed by atoms with van der Waals surface area (Å²) in [7, 11) is 0. The SMILES string of the molecule is CCSc1cccc(OC2CCCC2)c1C(N)=S. The van der Waals surface area contributed by atoms with Crippen LogP contribution in [0.5, 0.6) is 5.75 Å². The molecule has 18 heavy (non-hydrogen) atoms. The summed E-state index contributed by atoms with van der Waals surface area (Å²) in [5.41, 5.74) is 6.77. The second-order valence-corrected chi connectivity index (χ2v) is 6.20. The fraction of sp³-hybridized carbons (Fsp3) is 0.500. The van der Waals surface area contributed by atoms with Gasteiger partial charge in [-0.25, -0.2) is 0 Å². The molecule has 0 aromatic heterocycles. The van der Waals surface area contributed by atoms with Crippen molar-refractivity contribution in [2.45, 2.75) is 43.6 Å². The van der Waals surface area contributed by atoms with Gasteiger partial charge in [-0.3, -0.25) is 0 Å². The van der Waals surface area contributed by atoms with Crippen LogP contribution in [0.3, 0.4) is 0 Å². The van der Waals surface area contributed by atoms with Crippen LogP contribution in [-0.4, -0.2) is 16.8 Å². The zero-order valence-electron chi connectivity index (χ0n) is 10.6. The first-order valence-electron chi connectivity index (χ1n) is 6.44. The fourth-order valence-corrected chi connectivity index (χ4v) is 3.43. The van der Waals surface area contributed by atoms with Gasteiger partial charge in [0.05, 0.1) is 11.7 Å². The van der Waals surface area contributed by atoms with Crippen LogP contribution in [-0.2, 0) is 0 Å². The minimum atomic E-state index is 0.333. The van der Waals surface area contributed by atoms with Crippen molar-refractivity contribution in [1.29, 1.82) is 0 Å². The standard InChI is InChI=1S/C14H19NOS2/c1-2-18-12-9-5-8-11(13(12)14(15)17)16-10-6-3-4-7-10/h5,8-10H,2-4,6-7H2,1H3,(H2,15,17). The minimum Gasteiger partial charge on any atom is -0.490 e. The molecule has 1 saturated carbocycles. The average Bonchev–Trinajstić information content (AvgIpc) is 2.82.